The summed E-state index contributed by atoms with van der Waals surface area (Å²) < 4.78 is 53.1. The molecule has 0 aliphatic rings. The van der Waals surface area contributed by atoms with Gasteiger partial charge in [0.2, 0.25) is 0 Å². The van der Waals surface area contributed by atoms with Gasteiger partial charge in [0.25, 0.3) is 10.0 Å². The van der Waals surface area contributed by atoms with Gasteiger partial charge in [-0.2, -0.15) is 0 Å². The summed E-state index contributed by atoms with van der Waals surface area (Å²) in [5.41, 5.74) is -0.498. The summed E-state index contributed by atoms with van der Waals surface area (Å²) in [7, 11) is -4.15. The summed E-state index contributed by atoms with van der Waals surface area (Å²) in [6.07, 6.45) is 1.11. The number of H-pyrrole nitrogens is 1. The average Bonchev–Trinajstić information content (AvgIpc) is 2.83. The van der Waals surface area contributed by atoms with Crippen molar-refractivity contribution in [2.75, 3.05) is 4.72 Å². The van der Waals surface area contributed by atoms with Crippen molar-refractivity contribution in [2.45, 2.75) is 11.5 Å². The normalized spacial score (nSPS) is 11.6. The molecule has 0 saturated carbocycles. The number of halogens is 3. The number of hydrogen-bond acceptors (Lipinski definition) is 3. The van der Waals surface area contributed by atoms with Crippen LogP contribution in [0, 0.1) is 11.6 Å². The quantitative estimate of drug-likeness (QED) is 0.776. The summed E-state index contributed by atoms with van der Waals surface area (Å²) in [5.74, 6) is -2.09. The Morgan fingerprint density at radius 3 is 2.35 bits per heavy atom. The number of aromatic amines is 1. The highest BCUT2D eigenvalue weighted by atomic mass is 79.9. The molecule has 0 fully saturated rings. The van der Waals surface area contributed by atoms with E-state index in [2.05, 4.69) is 20.9 Å². The SMILES string of the molecule is O=S(=O)(Nc1c(F)cc(Br)cc1F)c1c[nH]c(CO)c1. The van der Waals surface area contributed by atoms with Crippen molar-refractivity contribution in [3.8, 4) is 0 Å². The van der Waals surface area contributed by atoms with Crippen molar-refractivity contribution in [1.29, 1.82) is 0 Å². The van der Waals surface area contributed by atoms with Crippen LogP contribution in [-0.2, 0) is 16.6 Å². The van der Waals surface area contributed by atoms with E-state index in [1.54, 1.807) is 0 Å². The largest absolute Gasteiger partial charge is 0.390 e. The van der Waals surface area contributed by atoms with Gasteiger partial charge in [0, 0.05) is 16.4 Å². The molecular weight excluding hydrogens is 358 g/mol. The molecule has 20 heavy (non-hydrogen) atoms. The van der Waals surface area contributed by atoms with E-state index in [4.69, 9.17) is 5.11 Å². The number of aliphatic hydroxyl groups is 1. The van der Waals surface area contributed by atoms with Gasteiger partial charge < -0.3 is 10.1 Å². The second-order valence-electron chi connectivity index (χ2n) is 3.87. The first kappa shape index (κ1) is 14.9. The Kier molecular flexibility index (Phi) is 4.11. The Bertz CT molecular complexity index is 723. The van der Waals surface area contributed by atoms with E-state index in [-0.39, 0.29) is 21.7 Å². The van der Waals surface area contributed by atoms with Crippen LogP contribution in [0.25, 0.3) is 0 Å². The maximum atomic E-state index is 13.6. The van der Waals surface area contributed by atoms with Crippen molar-refractivity contribution in [2.24, 2.45) is 0 Å². The number of hydrogen-bond donors (Lipinski definition) is 3. The molecule has 3 N–H and O–H groups in total. The molecule has 108 valence electrons. The van der Waals surface area contributed by atoms with Crippen molar-refractivity contribution < 1.29 is 22.3 Å². The standard InChI is InChI=1S/C11H9BrF2N2O3S/c12-6-1-9(13)11(10(14)2-6)16-20(18,19)8-3-7(5-17)15-4-8/h1-4,15-17H,5H2. The molecule has 1 aromatic carbocycles. The minimum Gasteiger partial charge on any atom is -0.390 e. The lowest BCUT2D eigenvalue weighted by Crippen LogP contribution is -2.14. The van der Waals surface area contributed by atoms with Gasteiger partial charge in [0.15, 0.2) is 11.6 Å². The molecular formula is C11H9BrF2N2O3S. The van der Waals surface area contributed by atoms with Gasteiger partial charge in [-0.25, -0.2) is 17.2 Å². The van der Waals surface area contributed by atoms with Crippen LogP contribution in [0.2, 0.25) is 0 Å². The number of benzene rings is 1. The minimum absolute atomic E-state index is 0.152. The Labute approximate surface area is 121 Å². The topological polar surface area (TPSA) is 82.2 Å². The van der Waals surface area contributed by atoms with Gasteiger partial charge in [-0.05, 0) is 18.2 Å². The maximum Gasteiger partial charge on any atom is 0.263 e. The summed E-state index contributed by atoms with van der Waals surface area (Å²) in [6, 6.07) is 3.05. The lowest BCUT2D eigenvalue weighted by Gasteiger charge is -2.09. The van der Waals surface area contributed by atoms with Crippen molar-refractivity contribution in [3.63, 3.8) is 0 Å². The van der Waals surface area contributed by atoms with Crippen molar-refractivity contribution in [3.05, 3.63) is 46.2 Å². The van der Waals surface area contributed by atoms with Gasteiger partial charge in [-0.15, -0.1) is 0 Å². The van der Waals surface area contributed by atoms with Crippen LogP contribution in [0.1, 0.15) is 5.69 Å². The summed E-state index contributed by atoms with van der Waals surface area (Å²) in [4.78, 5) is 2.29. The highest BCUT2D eigenvalue weighted by molar-refractivity contribution is 9.10. The molecule has 5 nitrogen and oxygen atoms in total. The summed E-state index contributed by atoms with van der Waals surface area (Å²) >= 11 is 2.89. The van der Waals surface area contributed by atoms with Crippen LogP contribution in [0.4, 0.5) is 14.5 Å². The monoisotopic (exact) mass is 366 g/mol. The first-order valence-corrected chi connectivity index (χ1v) is 7.56. The Balaban J connectivity index is 2.38. The molecule has 9 heteroatoms. The molecule has 0 saturated heterocycles. The third kappa shape index (κ3) is 3.00. The zero-order valence-corrected chi connectivity index (χ0v) is 12.2. The van der Waals surface area contributed by atoms with Gasteiger partial charge in [-0.3, -0.25) is 4.72 Å². The second kappa shape index (κ2) is 5.51. The molecule has 0 bridgehead atoms. The van der Waals surface area contributed by atoms with Crippen LogP contribution in [0.15, 0.2) is 33.8 Å². The fraction of sp³-hybridized carbons (Fsp3) is 0.0909. The van der Waals surface area contributed by atoms with Crippen LogP contribution in [-0.4, -0.2) is 18.5 Å². The van der Waals surface area contributed by atoms with Gasteiger partial charge >= 0.3 is 0 Å². The predicted octanol–water partition coefficient (Wildman–Crippen LogP) is 2.35. The number of sulfonamides is 1. The van der Waals surface area contributed by atoms with Crippen LogP contribution < -0.4 is 4.72 Å². The minimum atomic E-state index is -4.15. The lowest BCUT2D eigenvalue weighted by molar-refractivity contribution is 0.277. The smallest absolute Gasteiger partial charge is 0.263 e. The first-order chi connectivity index (χ1) is 9.33. The maximum absolute atomic E-state index is 13.6. The first-order valence-electron chi connectivity index (χ1n) is 5.29. The molecule has 2 rings (SSSR count). The number of anilines is 1. The van der Waals surface area contributed by atoms with Crippen molar-refractivity contribution in [1.82, 2.24) is 4.98 Å². The average molecular weight is 367 g/mol. The molecule has 0 unspecified atom stereocenters. The molecule has 0 aliphatic heterocycles. The zero-order chi connectivity index (χ0) is 14.9. The Morgan fingerprint density at radius 1 is 1.25 bits per heavy atom. The molecule has 0 amide bonds. The van der Waals surface area contributed by atoms with E-state index < -0.39 is 27.3 Å². The highest BCUT2D eigenvalue weighted by Gasteiger charge is 2.21. The second-order valence-corrected chi connectivity index (χ2v) is 6.47. The number of rotatable bonds is 4. The number of aliphatic hydroxyl groups excluding tert-OH is 1. The fourth-order valence-corrected chi connectivity index (χ4v) is 2.99. The van der Waals surface area contributed by atoms with Crippen LogP contribution >= 0.6 is 15.9 Å². The third-order valence-corrected chi connectivity index (χ3v) is 4.23. The fourth-order valence-electron chi connectivity index (χ4n) is 1.50. The molecule has 0 aliphatic carbocycles. The van der Waals surface area contributed by atoms with Gasteiger partial charge in [0.1, 0.15) is 10.6 Å². The van der Waals surface area contributed by atoms with E-state index in [1.807, 2.05) is 4.72 Å². The summed E-state index contributed by atoms with van der Waals surface area (Å²) in [6.45, 7) is -0.378. The van der Waals surface area contributed by atoms with Gasteiger partial charge in [-0.1, -0.05) is 15.9 Å². The lowest BCUT2D eigenvalue weighted by atomic mass is 10.3. The molecule has 0 radical (unpaired) electrons. The number of aromatic nitrogens is 1. The van der Waals surface area contributed by atoms with E-state index >= 15 is 0 Å². The van der Waals surface area contributed by atoms with Crippen molar-refractivity contribution >= 4 is 31.6 Å². The van der Waals surface area contributed by atoms with Gasteiger partial charge in [0.05, 0.1) is 6.61 Å². The molecule has 2 aromatic rings. The van der Waals surface area contributed by atoms with E-state index in [0.717, 1.165) is 24.4 Å². The molecule has 1 heterocycles. The summed E-state index contributed by atoms with van der Waals surface area (Å²) in [5, 5.41) is 8.85. The highest BCUT2D eigenvalue weighted by Crippen LogP contribution is 2.26. The predicted molar refractivity (Wildman–Crippen MR) is 71.6 cm³/mol. The van der Waals surface area contributed by atoms with Crippen LogP contribution in [0.5, 0.6) is 0 Å². The molecule has 0 spiro atoms. The van der Waals surface area contributed by atoms with E-state index in [9.17, 15) is 17.2 Å². The van der Waals surface area contributed by atoms with E-state index in [0.29, 0.717) is 0 Å². The number of nitrogens with one attached hydrogen (secondary N) is 2. The zero-order valence-electron chi connectivity index (χ0n) is 9.82. The Hall–Kier alpha value is -1.45. The molecule has 0 atom stereocenters. The van der Waals surface area contributed by atoms with E-state index in [1.165, 1.54) is 0 Å². The Morgan fingerprint density at radius 2 is 1.85 bits per heavy atom. The third-order valence-electron chi connectivity index (χ3n) is 2.44. The molecule has 1 aromatic heterocycles. The van der Waals surface area contributed by atoms with Crippen LogP contribution in [0.3, 0.4) is 0 Å².